The number of nitrogens with one attached hydrogen (secondary N) is 1. The van der Waals surface area contributed by atoms with Crippen LogP contribution in [0.4, 0.5) is 5.69 Å². The fourth-order valence-electron chi connectivity index (χ4n) is 3.53. The van der Waals surface area contributed by atoms with Crippen molar-refractivity contribution in [1.29, 1.82) is 0 Å². The second kappa shape index (κ2) is 5.40. The van der Waals surface area contributed by atoms with Crippen molar-refractivity contribution in [3.8, 4) is 0 Å². The van der Waals surface area contributed by atoms with Crippen molar-refractivity contribution in [3.05, 3.63) is 53.7 Å². The van der Waals surface area contributed by atoms with Gasteiger partial charge >= 0.3 is 0 Å². The number of fused-ring (bicyclic) bond motifs is 3. The largest absolute Gasteiger partial charge is 0.379 e. The molecule has 2 aromatic rings. The standard InChI is InChI=1S/C19H22N2S/c1-5-21-15-11-10-13-8-6-7-9-14(13)18(15)19(2,3)16(21)12-17(22)20-4/h6-12H,5H2,1-4H3,(H,20,22)/b16-12-. The number of hydrogen-bond donors (Lipinski definition) is 1. The monoisotopic (exact) mass is 310 g/mol. The Morgan fingerprint density at radius 1 is 1.23 bits per heavy atom. The van der Waals surface area contributed by atoms with Gasteiger partial charge in [0.2, 0.25) is 0 Å². The molecule has 0 bridgehead atoms. The van der Waals surface area contributed by atoms with E-state index in [1.807, 2.05) is 7.05 Å². The van der Waals surface area contributed by atoms with E-state index in [-0.39, 0.29) is 5.41 Å². The van der Waals surface area contributed by atoms with Gasteiger partial charge in [-0.15, -0.1) is 0 Å². The molecule has 2 nitrogen and oxygen atoms in total. The van der Waals surface area contributed by atoms with Crippen molar-refractivity contribution in [3.63, 3.8) is 0 Å². The minimum Gasteiger partial charge on any atom is -0.379 e. The summed E-state index contributed by atoms with van der Waals surface area (Å²) in [6.07, 6.45) is 2.10. The van der Waals surface area contributed by atoms with Gasteiger partial charge in [-0.3, -0.25) is 0 Å². The SMILES string of the molecule is CCN1/C(=C\C(=S)NC)C(C)(C)c2c1ccc1ccccc21. The zero-order valence-electron chi connectivity index (χ0n) is 13.6. The van der Waals surface area contributed by atoms with Crippen molar-refractivity contribution in [1.82, 2.24) is 5.32 Å². The third kappa shape index (κ3) is 2.12. The number of rotatable bonds is 2. The van der Waals surface area contributed by atoms with E-state index < -0.39 is 0 Å². The molecule has 0 amide bonds. The molecule has 1 aliphatic rings. The molecule has 0 saturated heterocycles. The normalized spacial score (nSPS) is 17.8. The summed E-state index contributed by atoms with van der Waals surface area (Å²) in [7, 11) is 1.88. The van der Waals surface area contributed by atoms with Crippen molar-refractivity contribution in [2.45, 2.75) is 26.2 Å². The molecule has 0 aliphatic carbocycles. The number of benzene rings is 2. The number of nitrogens with zero attached hydrogens (tertiary/aromatic N) is 1. The zero-order valence-corrected chi connectivity index (χ0v) is 14.4. The predicted molar refractivity (Wildman–Crippen MR) is 99.7 cm³/mol. The van der Waals surface area contributed by atoms with Gasteiger partial charge in [0.1, 0.15) is 4.99 Å². The molecule has 2 aromatic carbocycles. The topological polar surface area (TPSA) is 15.3 Å². The Labute approximate surface area is 137 Å². The van der Waals surface area contributed by atoms with Crippen molar-refractivity contribution in [2.24, 2.45) is 0 Å². The summed E-state index contributed by atoms with van der Waals surface area (Å²) >= 11 is 5.39. The van der Waals surface area contributed by atoms with Crippen LogP contribution in [0.15, 0.2) is 48.2 Å². The minimum atomic E-state index is -0.0624. The van der Waals surface area contributed by atoms with E-state index in [2.05, 4.69) is 73.5 Å². The van der Waals surface area contributed by atoms with Crippen molar-refractivity contribution in [2.75, 3.05) is 18.5 Å². The van der Waals surface area contributed by atoms with Gasteiger partial charge < -0.3 is 10.2 Å². The summed E-state index contributed by atoms with van der Waals surface area (Å²) < 4.78 is 0. The molecule has 22 heavy (non-hydrogen) atoms. The van der Waals surface area contributed by atoms with Crippen LogP contribution in [0.2, 0.25) is 0 Å². The van der Waals surface area contributed by atoms with Crippen LogP contribution in [0.1, 0.15) is 26.3 Å². The molecular weight excluding hydrogens is 288 g/mol. The van der Waals surface area contributed by atoms with Gasteiger partial charge in [-0.25, -0.2) is 0 Å². The lowest BCUT2D eigenvalue weighted by Gasteiger charge is -2.26. The summed E-state index contributed by atoms with van der Waals surface area (Å²) in [5, 5.41) is 5.70. The highest BCUT2D eigenvalue weighted by Crippen LogP contribution is 2.50. The Morgan fingerprint density at radius 3 is 2.64 bits per heavy atom. The van der Waals surface area contributed by atoms with Gasteiger partial charge in [0.15, 0.2) is 0 Å². The van der Waals surface area contributed by atoms with Crippen LogP contribution in [-0.4, -0.2) is 18.6 Å². The van der Waals surface area contributed by atoms with Gasteiger partial charge in [-0.2, -0.15) is 0 Å². The molecule has 0 unspecified atom stereocenters. The van der Waals surface area contributed by atoms with Gasteiger partial charge in [0.05, 0.1) is 0 Å². The first-order valence-corrected chi connectivity index (χ1v) is 8.15. The van der Waals surface area contributed by atoms with Crippen LogP contribution < -0.4 is 10.2 Å². The minimum absolute atomic E-state index is 0.0624. The highest BCUT2D eigenvalue weighted by atomic mass is 32.1. The van der Waals surface area contributed by atoms with E-state index in [9.17, 15) is 0 Å². The highest BCUT2D eigenvalue weighted by Gasteiger charge is 2.40. The zero-order chi connectivity index (χ0) is 15.9. The first kappa shape index (κ1) is 15.0. The second-order valence-electron chi connectivity index (χ2n) is 6.19. The van der Waals surface area contributed by atoms with E-state index in [1.54, 1.807) is 0 Å². The molecule has 3 heteroatoms. The van der Waals surface area contributed by atoms with E-state index in [4.69, 9.17) is 12.2 Å². The maximum absolute atomic E-state index is 5.39. The Morgan fingerprint density at radius 2 is 1.95 bits per heavy atom. The highest BCUT2D eigenvalue weighted by molar-refractivity contribution is 7.80. The Bertz CT molecular complexity index is 774. The van der Waals surface area contributed by atoms with Crippen molar-refractivity contribution < 1.29 is 0 Å². The predicted octanol–water partition coefficient (Wildman–Crippen LogP) is 4.39. The van der Waals surface area contributed by atoms with Gasteiger partial charge in [-0.05, 0) is 35.4 Å². The van der Waals surface area contributed by atoms with Gasteiger partial charge in [0.25, 0.3) is 0 Å². The molecule has 114 valence electrons. The molecule has 1 N–H and O–H groups in total. The summed E-state index contributed by atoms with van der Waals surface area (Å²) in [5.74, 6) is 0. The fraction of sp³-hybridized carbons (Fsp3) is 0.316. The number of allylic oxidation sites excluding steroid dienone is 1. The summed E-state index contributed by atoms with van der Waals surface area (Å²) in [5.41, 5.74) is 3.90. The molecule has 0 saturated carbocycles. The van der Waals surface area contributed by atoms with Crippen LogP contribution in [0.25, 0.3) is 10.8 Å². The van der Waals surface area contributed by atoms with Crippen LogP contribution >= 0.6 is 12.2 Å². The molecule has 0 atom stereocenters. The van der Waals surface area contributed by atoms with Crippen LogP contribution in [-0.2, 0) is 5.41 Å². The quantitative estimate of drug-likeness (QED) is 0.654. The molecule has 0 radical (unpaired) electrons. The molecule has 1 heterocycles. The smallest absolute Gasteiger partial charge is 0.100 e. The summed E-state index contributed by atoms with van der Waals surface area (Å²) in [6.45, 7) is 7.71. The Kier molecular flexibility index (Phi) is 3.69. The Balaban J connectivity index is 2.31. The number of thiocarbonyl (C=S) groups is 1. The molecular formula is C19H22N2S. The second-order valence-corrected chi connectivity index (χ2v) is 6.63. The van der Waals surface area contributed by atoms with Crippen molar-refractivity contribution >= 4 is 33.7 Å². The van der Waals surface area contributed by atoms with Crippen LogP contribution in [0.5, 0.6) is 0 Å². The summed E-state index contributed by atoms with van der Waals surface area (Å²) in [6, 6.07) is 13.1. The maximum atomic E-state index is 5.39. The maximum Gasteiger partial charge on any atom is 0.100 e. The van der Waals surface area contributed by atoms with E-state index in [0.717, 1.165) is 11.5 Å². The lowest BCUT2D eigenvalue weighted by molar-refractivity contribution is 0.639. The average molecular weight is 310 g/mol. The molecule has 1 aliphatic heterocycles. The molecule has 0 aromatic heterocycles. The third-order valence-corrected chi connectivity index (χ3v) is 4.91. The number of hydrogen-bond acceptors (Lipinski definition) is 2. The lowest BCUT2D eigenvalue weighted by Crippen LogP contribution is -2.28. The number of likely N-dealkylation sites (N-methyl/N-ethyl adjacent to an activating group) is 2. The summed E-state index contributed by atoms with van der Waals surface area (Å²) in [4.78, 5) is 3.16. The van der Waals surface area contributed by atoms with Gasteiger partial charge in [-0.1, -0.05) is 56.4 Å². The van der Waals surface area contributed by atoms with Crippen LogP contribution in [0.3, 0.4) is 0 Å². The first-order chi connectivity index (χ1) is 10.5. The van der Waals surface area contributed by atoms with Gasteiger partial charge in [0, 0.05) is 30.4 Å². The van der Waals surface area contributed by atoms with E-state index in [0.29, 0.717) is 0 Å². The molecule has 0 spiro atoms. The molecule has 3 rings (SSSR count). The molecule has 0 fully saturated rings. The third-order valence-electron chi connectivity index (χ3n) is 4.58. The first-order valence-electron chi connectivity index (χ1n) is 7.74. The average Bonchev–Trinajstić information content (AvgIpc) is 2.74. The van der Waals surface area contributed by atoms with E-state index in [1.165, 1.54) is 27.7 Å². The Hall–Kier alpha value is -1.87. The van der Waals surface area contributed by atoms with Crippen LogP contribution in [0, 0.1) is 0 Å². The van der Waals surface area contributed by atoms with E-state index >= 15 is 0 Å². The fourth-order valence-corrected chi connectivity index (χ4v) is 3.64. The lowest BCUT2D eigenvalue weighted by atomic mass is 9.81. The number of anilines is 1.